The van der Waals surface area contributed by atoms with E-state index >= 15 is 0 Å². The van der Waals surface area contributed by atoms with E-state index in [9.17, 15) is 4.39 Å². The molecule has 0 saturated carbocycles. The lowest BCUT2D eigenvalue weighted by Crippen LogP contribution is -2.55. The molecule has 0 spiro atoms. The molecular formula is C12H19ClFNSi2. The zero-order valence-corrected chi connectivity index (χ0v) is 13.6. The second-order valence-electron chi connectivity index (χ2n) is 6.03. The molecular weight excluding hydrogens is 269 g/mol. The summed E-state index contributed by atoms with van der Waals surface area (Å²) in [6.07, 6.45) is 0. The smallest absolute Gasteiger partial charge is 0.146 e. The topological polar surface area (TPSA) is 3.24 Å². The molecule has 0 aromatic heterocycles. The average Bonchev–Trinajstić information content (AvgIpc) is 2.40. The summed E-state index contributed by atoms with van der Waals surface area (Å²) in [5.74, 6) is -0.166. The number of para-hydroxylation sites is 1. The van der Waals surface area contributed by atoms with Crippen LogP contribution in [0.25, 0.3) is 0 Å². The third-order valence-electron chi connectivity index (χ3n) is 3.72. The van der Waals surface area contributed by atoms with E-state index in [1.807, 2.05) is 0 Å². The number of hydrogen-bond acceptors (Lipinski definition) is 1. The Hall–Kier alpha value is -0.326. The van der Waals surface area contributed by atoms with Crippen molar-refractivity contribution >= 4 is 33.8 Å². The molecule has 0 amide bonds. The predicted molar refractivity (Wildman–Crippen MR) is 78.5 cm³/mol. The van der Waals surface area contributed by atoms with E-state index in [-0.39, 0.29) is 5.82 Å². The summed E-state index contributed by atoms with van der Waals surface area (Å²) in [7, 11) is -3.08. The van der Waals surface area contributed by atoms with E-state index < -0.39 is 16.5 Å². The average molecular weight is 288 g/mol. The molecule has 1 aromatic carbocycles. The fourth-order valence-corrected chi connectivity index (χ4v) is 17.6. The van der Waals surface area contributed by atoms with E-state index in [2.05, 4.69) is 30.4 Å². The minimum atomic E-state index is -1.54. The first-order valence-corrected chi connectivity index (χ1v) is 12.7. The fourth-order valence-electron chi connectivity index (χ4n) is 2.96. The molecule has 94 valence electrons. The molecule has 1 saturated heterocycles. The first-order valence-electron chi connectivity index (χ1n) is 6.00. The van der Waals surface area contributed by atoms with E-state index in [0.717, 1.165) is 0 Å². The van der Waals surface area contributed by atoms with Crippen LogP contribution in [0, 0.1) is 5.82 Å². The maximum atomic E-state index is 14.1. The lowest BCUT2D eigenvalue weighted by atomic mass is 10.3. The van der Waals surface area contributed by atoms with Crippen molar-refractivity contribution in [2.24, 2.45) is 0 Å². The lowest BCUT2D eigenvalue weighted by Gasteiger charge is -2.41. The maximum absolute atomic E-state index is 14.1. The van der Waals surface area contributed by atoms with Gasteiger partial charge >= 0.3 is 0 Å². The lowest BCUT2D eigenvalue weighted by molar-refractivity contribution is 0.630. The van der Waals surface area contributed by atoms with Crippen LogP contribution >= 0.6 is 11.6 Å². The van der Waals surface area contributed by atoms with Crippen molar-refractivity contribution in [1.82, 2.24) is 0 Å². The second kappa shape index (κ2) is 4.10. The molecule has 17 heavy (non-hydrogen) atoms. The van der Waals surface area contributed by atoms with Gasteiger partial charge in [-0.2, -0.15) is 0 Å². The molecule has 1 heterocycles. The van der Waals surface area contributed by atoms with Crippen LogP contribution in [-0.4, -0.2) is 16.5 Å². The molecule has 1 aromatic rings. The van der Waals surface area contributed by atoms with Crippen molar-refractivity contribution in [3.05, 3.63) is 29.0 Å². The van der Waals surface area contributed by atoms with Gasteiger partial charge in [-0.3, -0.25) is 0 Å². The highest BCUT2D eigenvalue weighted by atomic mass is 35.5. The molecule has 0 N–H and O–H groups in total. The van der Waals surface area contributed by atoms with Crippen LogP contribution in [0.2, 0.25) is 43.3 Å². The van der Waals surface area contributed by atoms with Gasteiger partial charge in [-0.05, 0) is 24.2 Å². The van der Waals surface area contributed by atoms with E-state index in [0.29, 0.717) is 10.7 Å². The Balaban J connectivity index is 2.58. The Morgan fingerprint density at radius 3 is 2.12 bits per heavy atom. The van der Waals surface area contributed by atoms with Crippen LogP contribution in [0.1, 0.15) is 0 Å². The monoisotopic (exact) mass is 287 g/mol. The molecule has 1 fully saturated rings. The van der Waals surface area contributed by atoms with Gasteiger partial charge in [0.05, 0.1) is 10.7 Å². The highest BCUT2D eigenvalue weighted by Crippen LogP contribution is 2.44. The molecule has 2 rings (SSSR count). The van der Waals surface area contributed by atoms with E-state index in [1.165, 1.54) is 18.2 Å². The fraction of sp³-hybridized carbons (Fsp3) is 0.500. The standard InChI is InChI=1S/C12H19ClFNSi2/c1-16(2)8-9-17(3,4)15(16)12-10(13)6-5-7-11(12)14/h5-7H,8-9H2,1-4H3. The van der Waals surface area contributed by atoms with Crippen molar-refractivity contribution in [2.45, 2.75) is 38.3 Å². The van der Waals surface area contributed by atoms with Gasteiger partial charge in [-0.15, -0.1) is 0 Å². The van der Waals surface area contributed by atoms with Crippen LogP contribution in [-0.2, 0) is 0 Å². The predicted octanol–water partition coefficient (Wildman–Crippen LogP) is 4.71. The first kappa shape index (κ1) is 13.1. The van der Waals surface area contributed by atoms with Gasteiger partial charge < -0.3 is 4.23 Å². The van der Waals surface area contributed by atoms with Crippen molar-refractivity contribution in [3.63, 3.8) is 0 Å². The summed E-state index contributed by atoms with van der Waals surface area (Å²) in [5, 5.41) is 0.563. The molecule has 0 atom stereocenters. The molecule has 0 radical (unpaired) electrons. The van der Waals surface area contributed by atoms with Crippen LogP contribution < -0.4 is 4.23 Å². The van der Waals surface area contributed by atoms with Crippen LogP contribution in [0.5, 0.6) is 0 Å². The highest BCUT2D eigenvalue weighted by molar-refractivity contribution is 7.04. The Morgan fingerprint density at radius 1 is 1.12 bits per heavy atom. The summed E-state index contributed by atoms with van der Waals surface area (Å²) in [6, 6.07) is 7.50. The third-order valence-corrected chi connectivity index (χ3v) is 14.0. The molecule has 0 aliphatic carbocycles. The Morgan fingerprint density at radius 2 is 1.65 bits per heavy atom. The minimum absolute atomic E-state index is 0.166. The molecule has 5 heteroatoms. The zero-order chi connectivity index (χ0) is 12.8. The van der Waals surface area contributed by atoms with Crippen LogP contribution in [0.15, 0.2) is 18.2 Å². The Bertz CT molecular complexity index is 412. The number of halogens is 2. The van der Waals surface area contributed by atoms with Gasteiger partial charge in [0.25, 0.3) is 0 Å². The maximum Gasteiger partial charge on any atom is 0.146 e. The number of rotatable bonds is 1. The van der Waals surface area contributed by atoms with E-state index in [4.69, 9.17) is 11.6 Å². The van der Waals surface area contributed by atoms with Crippen LogP contribution in [0.4, 0.5) is 10.1 Å². The van der Waals surface area contributed by atoms with Gasteiger partial charge in [-0.25, -0.2) is 4.39 Å². The first-order chi connectivity index (χ1) is 7.76. The number of hydrogen-bond donors (Lipinski definition) is 0. The summed E-state index contributed by atoms with van der Waals surface area (Å²) in [4.78, 5) is 0. The number of benzene rings is 1. The summed E-state index contributed by atoms with van der Waals surface area (Å²) in [5.41, 5.74) is 0.667. The van der Waals surface area contributed by atoms with Gasteiger partial charge in [-0.1, -0.05) is 43.9 Å². The van der Waals surface area contributed by atoms with Gasteiger partial charge in [0.2, 0.25) is 0 Å². The molecule has 1 aliphatic heterocycles. The molecule has 1 aliphatic rings. The zero-order valence-electron chi connectivity index (χ0n) is 10.8. The van der Waals surface area contributed by atoms with Crippen molar-refractivity contribution < 1.29 is 4.39 Å². The molecule has 0 bridgehead atoms. The Kier molecular flexibility index (Phi) is 3.17. The largest absolute Gasteiger partial charge is 0.421 e. The normalized spacial score (nSPS) is 21.9. The summed E-state index contributed by atoms with van der Waals surface area (Å²) >= 11 is 6.23. The molecule has 0 unspecified atom stereocenters. The van der Waals surface area contributed by atoms with Crippen molar-refractivity contribution in [3.8, 4) is 0 Å². The third kappa shape index (κ3) is 2.18. The van der Waals surface area contributed by atoms with E-state index in [1.54, 1.807) is 12.1 Å². The second-order valence-corrected chi connectivity index (χ2v) is 16.0. The van der Waals surface area contributed by atoms with Gasteiger partial charge in [0.15, 0.2) is 0 Å². The van der Waals surface area contributed by atoms with Gasteiger partial charge in [0, 0.05) is 0 Å². The number of nitrogens with zero attached hydrogens (tertiary/aromatic N) is 1. The quantitative estimate of drug-likeness (QED) is 0.676. The van der Waals surface area contributed by atoms with Gasteiger partial charge in [0.1, 0.15) is 22.3 Å². The SMILES string of the molecule is C[Si]1(C)CC[Si](C)(C)N1c1c(F)cccc1Cl. The highest BCUT2D eigenvalue weighted by Gasteiger charge is 2.48. The van der Waals surface area contributed by atoms with Crippen LogP contribution in [0.3, 0.4) is 0 Å². The van der Waals surface area contributed by atoms with Crippen molar-refractivity contribution in [2.75, 3.05) is 4.23 Å². The Labute approximate surface area is 110 Å². The summed E-state index contributed by atoms with van der Waals surface area (Å²) < 4.78 is 16.5. The van der Waals surface area contributed by atoms with Crippen molar-refractivity contribution in [1.29, 1.82) is 0 Å². The minimum Gasteiger partial charge on any atom is -0.421 e. The molecule has 1 nitrogen and oxygen atoms in total. The number of anilines is 1. The summed E-state index contributed by atoms with van der Waals surface area (Å²) in [6.45, 7) is 9.27.